The van der Waals surface area contributed by atoms with Gasteiger partial charge in [0.05, 0.1) is 19.8 Å². The number of fused-ring (bicyclic) bond motifs is 1. The molecule has 0 atom stereocenters. The molecule has 174 valence electrons. The van der Waals surface area contributed by atoms with Gasteiger partial charge in [-0.25, -0.2) is 0 Å². The Bertz CT molecular complexity index is 1450. The maximum Gasteiger partial charge on any atom is 0.197 e. The maximum atomic E-state index is 13.7. The predicted octanol–water partition coefficient (Wildman–Crippen LogP) is 6.96. The number of furan rings is 1. The largest absolute Gasteiger partial charge is 0.497 e. The Balaban J connectivity index is 1.41. The summed E-state index contributed by atoms with van der Waals surface area (Å²) in [6.07, 6.45) is 0. The number of methoxy groups -OCH3 is 2. The SMILES string of the molecule is COc1ccc(CNc2ccc(C(=O)c3c(-c4ccc(OC)cc4)oc4ccccc34)cc2)cc1. The number of hydrogen-bond donors (Lipinski definition) is 1. The molecular formula is C30H25NO4. The molecule has 1 aromatic heterocycles. The maximum absolute atomic E-state index is 13.7. The van der Waals surface area contributed by atoms with Gasteiger partial charge in [0, 0.05) is 28.7 Å². The van der Waals surface area contributed by atoms with E-state index in [2.05, 4.69) is 5.32 Å². The lowest BCUT2D eigenvalue weighted by Gasteiger charge is -2.09. The van der Waals surface area contributed by atoms with E-state index in [0.717, 1.165) is 33.7 Å². The number of nitrogens with one attached hydrogen (secondary N) is 1. The van der Waals surface area contributed by atoms with Crippen LogP contribution in [0.5, 0.6) is 11.5 Å². The summed E-state index contributed by atoms with van der Waals surface area (Å²) in [6.45, 7) is 0.672. The van der Waals surface area contributed by atoms with Gasteiger partial charge in [-0.15, -0.1) is 0 Å². The summed E-state index contributed by atoms with van der Waals surface area (Å²) < 4.78 is 16.6. The predicted molar refractivity (Wildman–Crippen MR) is 138 cm³/mol. The molecule has 35 heavy (non-hydrogen) atoms. The molecule has 0 saturated heterocycles. The highest BCUT2D eigenvalue weighted by atomic mass is 16.5. The third-order valence-electron chi connectivity index (χ3n) is 5.98. The molecule has 5 aromatic rings. The fourth-order valence-corrected chi connectivity index (χ4v) is 4.05. The van der Waals surface area contributed by atoms with E-state index in [-0.39, 0.29) is 5.78 Å². The van der Waals surface area contributed by atoms with Gasteiger partial charge in [-0.2, -0.15) is 0 Å². The van der Waals surface area contributed by atoms with Crippen LogP contribution in [0.25, 0.3) is 22.3 Å². The van der Waals surface area contributed by atoms with Gasteiger partial charge in [0.2, 0.25) is 0 Å². The van der Waals surface area contributed by atoms with Crippen molar-refractivity contribution in [3.63, 3.8) is 0 Å². The van der Waals surface area contributed by atoms with Crippen LogP contribution in [-0.2, 0) is 6.54 Å². The van der Waals surface area contributed by atoms with Crippen molar-refractivity contribution in [1.82, 2.24) is 0 Å². The number of ether oxygens (including phenoxy) is 2. The topological polar surface area (TPSA) is 60.7 Å². The second-order valence-electron chi connectivity index (χ2n) is 8.14. The smallest absolute Gasteiger partial charge is 0.197 e. The zero-order chi connectivity index (χ0) is 24.2. The summed E-state index contributed by atoms with van der Waals surface area (Å²) in [6, 6.07) is 30.6. The van der Waals surface area contributed by atoms with E-state index in [9.17, 15) is 4.79 Å². The van der Waals surface area contributed by atoms with Crippen LogP contribution in [0, 0.1) is 0 Å². The molecule has 0 aliphatic rings. The number of hydrogen-bond acceptors (Lipinski definition) is 5. The molecule has 0 saturated carbocycles. The Morgan fingerprint density at radius 3 is 2.06 bits per heavy atom. The Morgan fingerprint density at radius 2 is 1.40 bits per heavy atom. The number of carbonyl (C=O) groups is 1. The van der Waals surface area contributed by atoms with Gasteiger partial charge in [0.15, 0.2) is 5.78 Å². The molecular weight excluding hydrogens is 438 g/mol. The lowest BCUT2D eigenvalue weighted by molar-refractivity contribution is 0.104. The first-order chi connectivity index (χ1) is 17.2. The fraction of sp³-hybridized carbons (Fsp3) is 0.100. The van der Waals surface area contributed by atoms with Crippen molar-refractivity contribution in [2.24, 2.45) is 0 Å². The van der Waals surface area contributed by atoms with Gasteiger partial charge in [-0.1, -0.05) is 30.3 Å². The van der Waals surface area contributed by atoms with Crippen molar-refractivity contribution in [1.29, 1.82) is 0 Å². The van der Waals surface area contributed by atoms with Crippen LogP contribution >= 0.6 is 0 Å². The van der Waals surface area contributed by atoms with E-state index in [4.69, 9.17) is 13.9 Å². The number of ketones is 1. The van der Waals surface area contributed by atoms with Crippen molar-refractivity contribution >= 4 is 22.4 Å². The lowest BCUT2D eigenvalue weighted by atomic mass is 9.97. The highest BCUT2D eigenvalue weighted by molar-refractivity contribution is 6.19. The summed E-state index contributed by atoms with van der Waals surface area (Å²) in [7, 11) is 3.28. The lowest BCUT2D eigenvalue weighted by Crippen LogP contribution is -2.04. The highest BCUT2D eigenvalue weighted by Crippen LogP contribution is 2.36. The summed E-state index contributed by atoms with van der Waals surface area (Å²) in [4.78, 5) is 13.7. The van der Waals surface area contributed by atoms with E-state index in [1.165, 1.54) is 0 Å². The van der Waals surface area contributed by atoms with Gasteiger partial charge in [0.1, 0.15) is 22.8 Å². The first-order valence-corrected chi connectivity index (χ1v) is 11.3. The van der Waals surface area contributed by atoms with E-state index in [1.807, 2.05) is 97.1 Å². The zero-order valence-electron chi connectivity index (χ0n) is 19.6. The van der Waals surface area contributed by atoms with Crippen molar-refractivity contribution in [3.05, 3.63) is 114 Å². The summed E-state index contributed by atoms with van der Waals surface area (Å²) in [5.41, 5.74) is 4.73. The van der Waals surface area contributed by atoms with Gasteiger partial charge in [-0.3, -0.25) is 4.79 Å². The molecule has 4 aromatic carbocycles. The van der Waals surface area contributed by atoms with E-state index >= 15 is 0 Å². The number of para-hydroxylation sites is 1. The van der Waals surface area contributed by atoms with Crippen LogP contribution < -0.4 is 14.8 Å². The molecule has 0 bridgehead atoms. The van der Waals surface area contributed by atoms with Crippen LogP contribution in [0.15, 0.2) is 101 Å². The molecule has 5 rings (SSSR count). The number of benzene rings is 4. The van der Waals surface area contributed by atoms with Crippen LogP contribution in [0.1, 0.15) is 21.5 Å². The molecule has 1 N–H and O–H groups in total. The molecule has 0 amide bonds. The average Bonchev–Trinajstić information content (AvgIpc) is 3.32. The third-order valence-corrected chi connectivity index (χ3v) is 5.98. The van der Waals surface area contributed by atoms with Crippen LogP contribution in [0.4, 0.5) is 5.69 Å². The molecule has 0 aliphatic carbocycles. The summed E-state index contributed by atoms with van der Waals surface area (Å²) in [5, 5.41) is 4.19. The quantitative estimate of drug-likeness (QED) is 0.252. The molecule has 0 spiro atoms. The summed E-state index contributed by atoms with van der Waals surface area (Å²) >= 11 is 0. The van der Waals surface area contributed by atoms with E-state index in [0.29, 0.717) is 29.0 Å². The Hall–Kier alpha value is -4.51. The van der Waals surface area contributed by atoms with E-state index in [1.54, 1.807) is 14.2 Å². The second-order valence-corrected chi connectivity index (χ2v) is 8.14. The monoisotopic (exact) mass is 463 g/mol. The zero-order valence-corrected chi connectivity index (χ0v) is 19.6. The highest BCUT2D eigenvalue weighted by Gasteiger charge is 2.23. The average molecular weight is 464 g/mol. The Kier molecular flexibility index (Phi) is 6.22. The van der Waals surface area contributed by atoms with Crippen LogP contribution in [0.2, 0.25) is 0 Å². The second kappa shape index (κ2) is 9.77. The van der Waals surface area contributed by atoms with Gasteiger partial charge < -0.3 is 19.2 Å². The molecule has 0 fully saturated rings. The number of carbonyl (C=O) groups excluding carboxylic acids is 1. The molecule has 5 nitrogen and oxygen atoms in total. The van der Waals surface area contributed by atoms with Crippen molar-refractivity contribution < 1.29 is 18.7 Å². The van der Waals surface area contributed by atoms with Crippen molar-refractivity contribution in [3.8, 4) is 22.8 Å². The Labute approximate surface area is 203 Å². The first kappa shape index (κ1) is 22.3. The first-order valence-electron chi connectivity index (χ1n) is 11.3. The molecule has 1 heterocycles. The molecule has 0 unspecified atom stereocenters. The van der Waals surface area contributed by atoms with Crippen molar-refractivity contribution in [2.45, 2.75) is 6.54 Å². The molecule has 0 aliphatic heterocycles. The van der Waals surface area contributed by atoms with E-state index < -0.39 is 0 Å². The van der Waals surface area contributed by atoms with Gasteiger partial charge in [-0.05, 0) is 72.3 Å². The minimum Gasteiger partial charge on any atom is -0.497 e. The van der Waals surface area contributed by atoms with Gasteiger partial charge in [0.25, 0.3) is 0 Å². The normalized spacial score (nSPS) is 10.8. The Morgan fingerprint density at radius 1 is 0.771 bits per heavy atom. The number of rotatable bonds is 8. The number of anilines is 1. The standard InChI is InChI=1S/C30H25NO4/c1-33-24-15-7-20(8-16-24)19-31-23-13-9-21(10-14-23)29(32)28-26-5-3-4-6-27(26)35-30(28)22-11-17-25(34-2)18-12-22/h3-18,31H,19H2,1-2H3. The van der Waals surface area contributed by atoms with Crippen molar-refractivity contribution in [2.75, 3.05) is 19.5 Å². The molecule has 0 radical (unpaired) electrons. The fourth-order valence-electron chi connectivity index (χ4n) is 4.05. The molecule has 5 heteroatoms. The summed E-state index contributed by atoms with van der Waals surface area (Å²) in [5.74, 6) is 2.05. The van der Waals surface area contributed by atoms with Gasteiger partial charge >= 0.3 is 0 Å². The minimum atomic E-state index is -0.0810. The minimum absolute atomic E-state index is 0.0810. The van der Waals surface area contributed by atoms with Crippen LogP contribution in [0.3, 0.4) is 0 Å². The van der Waals surface area contributed by atoms with Crippen LogP contribution in [-0.4, -0.2) is 20.0 Å². The third kappa shape index (κ3) is 4.62.